The van der Waals surface area contributed by atoms with Gasteiger partial charge in [0.1, 0.15) is 11.4 Å². The number of hydrogen-bond donors (Lipinski definition) is 2. The number of azo groups is 1. The highest BCUT2D eigenvalue weighted by atomic mass is 16.5. The van der Waals surface area contributed by atoms with Crippen molar-refractivity contribution in [2.24, 2.45) is 10.2 Å². The van der Waals surface area contributed by atoms with Crippen LogP contribution < -0.4 is 4.74 Å². The molecule has 6 nitrogen and oxygen atoms in total. The molecule has 0 radical (unpaired) electrons. The number of nitrogens with one attached hydrogen (secondary N) is 1. The molecule has 3 rings (SSSR count). The van der Waals surface area contributed by atoms with Gasteiger partial charge in [-0.3, -0.25) is 0 Å². The Kier molecular flexibility index (Phi) is 3.80. The van der Waals surface area contributed by atoms with Crippen LogP contribution in [0.5, 0.6) is 5.75 Å². The van der Waals surface area contributed by atoms with Crippen LogP contribution in [0.25, 0.3) is 10.9 Å². The van der Waals surface area contributed by atoms with Crippen LogP contribution in [0, 0.1) is 6.92 Å². The lowest BCUT2D eigenvalue weighted by Gasteiger charge is -1.99. The molecule has 0 fully saturated rings. The van der Waals surface area contributed by atoms with Crippen LogP contribution in [0.2, 0.25) is 0 Å². The van der Waals surface area contributed by atoms with E-state index in [1.807, 2.05) is 31.2 Å². The number of aromatic amines is 1. The number of fused-ring (bicyclic) bond motifs is 1. The number of aromatic nitrogens is 1. The number of rotatable bonds is 4. The first-order valence-corrected chi connectivity index (χ1v) is 7.00. The summed E-state index contributed by atoms with van der Waals surface area (Å²) in [6, 6.07) is 12.7. The van der Waals surface area contributed by atoms with Crippen LogP contribution in [-0.2, 0) is 0 Å². The minimum atomic E-state index is -1.09. The number of carboxylic acid groups (broad SMARTS) is 1. The topological polar surface area (TPSA) is 87.0 Å². The zero-order valence-electron chi connectivity index (χ0n) is 12.7. The van der Waals surface area contributed by atoms with Crippen molar-refractivity contribution in [3.63, 3.8) is 0 Å². The predicted molar refractivity (Wildman–Crippen MR) is 87.2 cm³/mol. The molecule has 0 saturated heterocycles. The zero-order chi connectivity index (χ0) is 16.4. The van der Waals surface area contributed by atoms with E-state index in [0.29, 0.717) is 22.3 Å². The molecule has 0 aliphatic carbocycles. The van der Waals surface area contributed by atoms with Crippen LogP contribution >= 0.6 is 0 Å². The van der Waals surface area contributed by atoms with Gasteiger partial charge in [-0.2, -0.15) is 5.11 Å². The number of aromatic carboxylic acids is 1. The maximum atomic E-state index is 11.4. The molecule has 0 atom stereocenters. The Bertz CT molecular complexity index is 895. The van der Waals surface area contributed by atoms with Gasteiger partial charge in [0.15, 0.2) is 5.69 Å². The number of aryl methyl sites for hydroxylation is 1. The van der Waals surface area contributed by atoms with Gasteiger partial charge in [-0.05, 0) is 37.3 Å². The lowest BCUT2D eigenvalue weighted by Crippen LogP contribution is -1.95. The van der Waals surface area contributed by atoms with Crippen LogP contribution in [0.4, 0.5) is 11.4 Å². The zero-order valence-corrected chi connectivity index (χ0v) is 12.7. The minimum Gasteiger partial charge on any atom is -0.497 e. The highest BCUT2D eigenvalue weighted by Crippen LogP contribution is 2.34. The summed E-state index contributed by atoms with van der Waals surface area (Å²) < 4.78 is 5.19. The Balaban J connectivity index is 2.11. The van der Waals surface area contributed by atoms with E-state index in [9.17, 15) is 9.90 Å². The maximum absolute atomic E-state index is 11.4. The molecule has 116 valence electrons. The molecule has 0 amide bonds. The van der Waals surface area contributed by atoms with Crippen molar-refractivity contribution >= 4 is 28.2 Å². The molecular formula is C17H15N3O3. The smallest absolute Gasteiger partial charge is 0.354 e. The van der Waals surface area contributed by atoms with Crippen LogP contribution in [0.15, 0.2) is 52.7 Å². The standard InChI is InChI=1S/C17H15N3O3/c1-10-3-5-11(6-4-10)19-20-15-13-9-12(23-2)7-8-14(13)18-16(15)17(21)22/h3-9,18H,1-2H3,(H,21,22). The Hall–Kier alpha value is -3.15. The molecule has 2 N–H and O–H groups in total. The van der Waals surface area contributed by atoms with E-state index in [0.717, 1.165) is 5.56 Å². The highest BCUT2D eigenvalue weighted by molar-refractivity contribution is 6.04. The van der Waals surface area contributed by atoms with Crippen molar-refractivity contribution in [2.45, 2.75) is 6.92 Å². The molecule has 0 aliphatic rings. The molecule has 1 aromatic heterocycles. The number of benzene rings is 2. The number of ether oxygens (including phenoxy) is 1. The van der Waals surface area contributed by atoms with Gasteiger partial charge in [0.05, 0.1) is 12.8 Å². The molecule has 0 spiro atoms. The van der Waals surface area contributed by atoms with Crippen molar-refractivity contribution in [1.82, 2.24) is 4.98 Å². The quantitative estimate of drug-likeness (QED) is 0.690. The minimum absolute atomic E-state index is 0.00381. The first-order chi connectivity index (χ1) is 11.1. The van der Waals surface area contributed by atoms with Crippen LogP contribution in [0.3, 0.4) is 0 Å². The number of nitrogens with zero attached hydrogens (tertiary/aromatic N) is 2. The van der Waals surface area contributed by atoms with Gasteiger partial charge in [-0.25, -0.2) is 4.79 Å². The summed E-state index contributed by atoms with van der Waals surface area (Å²) in [6.07, 6.45) is 0. The normalized spacial score (nSPS) is 11.2. The fourth-order valence-corrected chi connectivity index (χ4v) is 2.26. The molecule has 0 unspecified atom stereocenters. The van der Waals surface area contributed by atoms with Crippen molar-refractivity contribution in [3.8, 4) is 5.75 Å². The second kappa shape index (κ2) is 5.92. The van der Waals surface area contributed by atoms with Crippen molar-refractivity contribution in [3.05, 3.63) is 53.7 Å². The third kappa shape index (κ3) is 2.91. The SMILES string of the molecule is COc1ccc2[nH]c(C(=O)O)c(N=Nc3ccc(C)cc3)c2c1. The Morgan fingerprint density at radius 2 is 1.87 bits per heavy atom. The third-order valence-corrected chi connectivity index (χ3v) is 3.49. The molecule has 0 bridgehead atoms. The molecule has 3 aromatic rings. The Morgan fingerprint density at radius 3 is 2.52 bits per heavy atom. The molecule has 0 aliphatic heterocycles. The summed E-state index contributed by atoms with van der Waals surface area (Å²) in [5.41, 5.74) is 2.73. The summed E-state index contributed by atoms with van der Waals surface area (Å²) in [6.45, 7) is 1.98. The average molecular weight is 309 g/mol. The average Bonchev–Trinajstić information content (AvgIpc) is 2.92. The van der Waals surface area contributed by atoms with Gasteiger partial charge < -0.3 is 14.8 Å². The summed E-state index contributed by atoms with van der Waals surface area (Å²) in [4.78, 5) is 14.3. The number of carboxylic acids is 1. The van der Waals surface area contributed by atoms with Gasteiger partial charge in [0.2, 0.25) is 0 Å². The largest absolute Gasteiger partial charge is 0.497 e. The van der Waals surface area contributed by atoms with Crippen LogP contribution in [-0.4, -0.2) is 23.2 Å². The highest BCUT2D eigenvalue weighted by Gasteiger charge is 2.17. The molecule has 2 aromatic carbocycles. The van der Waals surface area contributed by atoms with E-state index in [2.05, 4.69) is 15.2 Å². The van der Waals surface area contributed by atoms with E-state index in [1.165, 1.54) is 0 Å². The summed E-state index contributed by atoms with van der Waals surface area (Å²) in [5, 5.41) is 18.3. The van der Waals surface area contributed by atoms with Gasteiger partial charge in [0.25, 0.3) is 0 Å². The number of methoxy groups -OCH3 is 1. The predicted octanol–water partition coefficient (Wildman–Crippen LogP) is 4.60. The third-order valence-electron chi connectivity index (χ3n) is 3.49. The fraction of sp³-hybridized carbons (Fsp3) is 0.118. The first-order valence-electron chi connectivity index (χ1n) is 7.00. The summed E-state index contributed by atoms with van der Waals surface area (Å²) in [7, 11) is 1.55. The van der Waals surface area contributed by atoms with E-state index >= 15 is 0 Å². The lowest BCUT2D eigenvalue weighted by atomic mass is 10.2. The van der Waals surface area contributed by atoms with Crippen LogP contribution in [0.1, 0.15) is 16.1 Å². The van der Waals surface area contributed by atoms with Gasteiger partial charge in [-0.15, -0.1) is 5.11 Å². The lowest BCUT2D eigenvalue weighted by molar-refractivity contribution is 0.0692. The summed E-state index contributed by atoms with van der Waals surface area (Å²) in [5.74, 6) is -0.460. The van der Waals surface area contributed by atoms with E-state index in [1.54, 1.807) is 25.3 Å². The van der Waals surface area contributed by atoms with Crippen molar-refractivity contribution < 1.29 is 14.6 Å². The molecule has 23 heavy (non-hydrogen) atoms. The molecular weight excluding hydrogens is 294 g/mol. The second-order valence-electron chi connectivity index (χ2n) is 5.10. The van der Waals surface area contributed by atoms with Crippen molar-refractivity contribution in [2.75, 3.05) is 7.11 Å². The fourth-order valence-electron chi connectivity index (χ4n) is 2.26. The van der Waals surface area contributed by atoms with Gasteiger partial charge >= 0.3 is 5.97 Å². The van der Waals surface area contributed by atoms with Gasteiger partial charge in [-0.1, -0.05) is 17.7 Å². The summed E-state index contributed by atoms with van der Waals surface area (Å²) >= 11 is 0. The first kappa shape index (κ1) is 14.8. The number of hydrogen-bond acceptors (Lipinski definition) is 4. The maximum Gasteiger partial charge on any atom is 0.354 e. The van der Waals surface area contributed by atoms with Gasteiger partial charge in [0, 0.05) is 10.9 Å². The molecule has 0 saturated carbocycles. The molecule has 6 heteroatoms. The molecule has 1 heterocycles. The van der Waals surface area contributed by atoms with Crippen molar-refractivity contribution in [1.29, 1.82) is 0 Å². The number of H-pyrrole nitrogens is 1. The van der Waals surface area contributed by atoms with E-state index in [-0.39, 0.29) is 11.4 Å². The van der Waals surface area contributed by atoms with E-state index in [4.69, 9.17) is 4.74 Å². The monoisotopic (exact) mass is 309 g/mol. The second-order valence-corrected chi connectivity index (χ2v) is 5.10. The Morgan fingerprint density at radius 1 is 1.13 bits per heavy atom. The Labute approximate surface area is 132 Å². The van der Waals surface area contributed by atoms with E-state index < -0.39 is 5.97 Å². The number of carbonyl (C=O) groups is 1.